The fourth-order valence-electron chi connectivity index (χ4n) is 2.61. The van der Waals surface area contributed by atoms with Crippen LogP contribution in [0.15, 0.2) is 29.2 Å². The summed E-state index contributed by atoms with van der Waals surface area (Å²) in [6.45, 7) is 0. The molecule has 0 heterocycles. The van der Waals surface area contributed by atoms with Crippen molar-refractivity contribution in [3.8, 4) is 0 Å². The Morgan fingerprint density at radius 1 is 0.760 bits per heavy atom. The van der Waals surface area contributed by atoms with Crippen molar-refractivity contribution < 1.29 is 24.0 Å². The van der Waals surface area contributed by atoms with E-state index in [9.17, 15) is 13.8 Å². The summed E-state index contributed by atoms with van der Waals surface area (Å²) >= 11 is 0. The average Bonchev–Trinajstić information content (AvgIpc) is 2.59. The maximum atomic E-state index is 12.1. The second-order valence-corrected chi connectivity index (χ2v) is 7.78. The first-order valence-corrected chi connectivity index (χ1v) is 10.3. The molecular weight excluding hydrogens is 340 g/mol. The lowest BCUT2D eigenvalue weighted by molar-refractivity contribution is -0.137. The molecule has 1 aromatic carbocycles. The van der Waals surface area contributed by atoms with Crippen LogP contribution >= 0.6 is 0 Å². The van der Waals surface area contributed by atoms with E-state index in [4.69, 9.17) is 10.2 Å². The van der Waals surface area contributed by atoms with Crippen molar-refractivity contribution in [2.45, 2.75) is 69.1 Å². The van der Waals surface area contributed by atoms with Gasteiger partial charge in [0.15, 0.2) is 0 Å². The third-order valence-electron chi connectivity index (χ3n) is 4.08. The van der Waals surface area contributed by atoms with E-state index in [0.717, 1.165) is 44.9 Å². The van der Waals surface area contributed by atoms with Crippen molar-refractivity contribution in [3.63, 3.8) is 0 Å². The minimum Gasteiger partial charge on any atom is -0.481 e. The van der Waals surface area contributed by atoms with Gasteiger partial charge in [0, 0.05) is 17.1 Å². The van der Waals surface area contributed by atoms with E-state index < -0.39 is 22.7 Å². The maximum absolute atomic E-state index is 12.1. The topological polar surface area (TPSA) is 91.7 Å². The minimum atomic E-state index is -1.06. The van der Waals surface area contributed by atoms with Gasteiger partial charge in [0.25, 0.3) is 0 Å². The summed E-state index contributed by atoms with van der Waals surface area (Å²) in [6, 6.07) is 6.24. The Morgan fingerprint density at radius 3 is 1.72 bits per heavy atom. The maximum Gasteiger partial charge on any atom is 0.335 e. The molecule has 0 aliphatic rings. The molecule has 1 unspecified atom stereocenters. The van der Waals surface area contributed by atoms with Gasteiger partial charge < -0.3 is 10.2 Å². The smallest absolute Gasteiger partial charge is 0.335 e. The van der Waals surface area contributed by atoms with Gasteiger partial charge in [-0.2, -0.15) is 0 Å². The zero-order valence-corrected chi connectivity index (χ0v) is 15.4. The highest BCUT2D eigenvalue weighted by molar-refractivity contribution is 7.85. The molecule has 25 heavy (non-hydrogen) atoms. The predicted molar refractivity (Wildman–Crippen MR) is 98.5 cm³/mol. The van der Waals surface area contributed by atoms with Gasteiger partial charge in [0.2, 0.25) is 0 Å². The van der Waals surface area contributed by atoms with Crippen molar-refractivity contribution in [2.75, 3.05) is 5.75 Å². The summed E-state index contributed by atoms with van der Waals surface area (Å²) in [5, 5.41) is 17.4. The Balaban J connectivity index is 2.01. The third kappa shape index (κ3) is 10.0. The number of carbonyl (C=O) groups is 2. The summed E-state index contributed by atoms with van der Waals surface area (Å²) in [5.74, 6) is -1.07. The number of aromatic carboxylic acids is 1. The number of carboxylic acid groups (broad SMARTS) is 2. The van der Waals surface area contributed by atoms with E-state index >= 15 is 0 Å². The fraction of sp³-hybridized carbons (Fsp3) is 0.579. The number of hydrogen-bond donors (Lipinski definition) is 2. The highest BCUT2D eigenvalue weighted by atomic mass is 32.2. The highest BCUT2D eigenvalue weighted by Gasteiger charge is 2.06. The molecule has 2 N–H and O–H groups in total. The molecule has 0 saturated carbocycles. The monoisotopic (exact) mass is 368 g/mol. The number of hydrogen-bond acceptors (Lipinski definition) is 3. The molecule has 140 valence electrons. The van der Waals surface area contributed by atoms with Gasteiger partial charge in [-0.05, 0) is 37.1 Å². The lowest BCUT2D eigenvalue weighted by Crippen LogP contribution is -2.00. The molecule has 0 amide bonds. The van der Waals surface area contributed by atoms with Gasteiger partial charge in [-0.15, -0.1) is 0 Å². The Morgan fingerprint density at radius 2 is 1.24 bits per heavy atom. The zero-order valence-electron chi connectivity index (χ0n) is 14.6. The molecule has 0 saturated heterocycles. The van der Waals surface area contributed by atoms with E-state index in [2.05, 4.69) is 0 Å². The van der Waals surface area contributed by atoms with E-state index in [1.54, 1.807) is 12.1 Å². The van der Waals surface area contributed by atoms with Crippen LogP contribution in [0.1, 0.15) is 74.6 Å². The first kappa shape index (κ1) is 21.4. The first-order chi connectivity index (χ1) is 12.0. The summed E-state index contributed by atoms with van der Waals surface area (Å²) in [5.41, 5.74) is 0.212. The molecule has 0 bridgehead atoms. The second kappa shape index (κ2) is 12.6. The van der Waals surface area contributed by atoms with Crippen molar-refractivity contribution >= 4 is 22.7 Å². The zero-order chi connectivity index (χ0) is 18.5. The van der Waals surface area contributed by atoms with E-state index in [-0.39, 0.29) is 12.0 Å². The predicted octanol–water partition coefficient (Wildman–Crippen LogP) is 4.48. The normalized spacial score (nSPS) is 12.0. The molecule has 0 aliphatic carbocycles. The van der Waals surface area contributed by atoms with Crippen LogP contribution in [0.25, 0.3) is 0 Å². The summed E-state index contributed by atoms with van der Waals surface area (Å²) in [4.78, 5) is 21.8. The van der Waals surface area contributed by atoms with Crippen molar-refractivity contribution in [3.05, 3.63) is 29.8 Å². The standard InChI is InChI=1S/C19H28O5S/c20-18(21)10-8-6-4-2-1-3-5-7-9-15-25(24)17-13-11-16(12-14-17)19(22)23/h11-14H,1-10,15H2,(H,20,21)(H,22,23). The Hall–Kier alpha value is -1.69. The lowest BCUT2D eigenvalue weighted by Gasteiger charge is -2.04. The molecule has 5 nitrogen and oxygen atoms in total. The summed E-state index contributed by atoms with van der Waals surface area (Å²) in [6.07, 6.45) is 9.72. The Labute approximate surface area is 151 Å². The molecule has 6 heteroatoms. The van der Waals surface area contributed by atoms with Crippen LogP contribution in [-0.4, -0.2) is 32.1 Å². The molecule has 1 atom stereocenters. The van der Waals surface area contributed by atoms with Gasteiger partial charge in [0.05, 0.1) is 16.4 Å². The van der Waals surface area contributed by atoms with Gasteiger partial charge in [-0.25, -0.2) is 4.79 Å². The molecule has 1 aromatic rings. The van der Waals surface area contributed by atoms with E-state index in [1.807, 2.05) is 0 Å². The molecule has 1 rings (SSSR count). The van der Waals surface area contributed by atoms with Crippen LogP contribution in [0.2, 0.25) is 0 Å². The van der Waals surface area contributed by atoms with Crippen molar-refractivity contribution in [1.29, 1.82) is 0 Å². The van der Waals surface area contributed by atoms with Crippen LogP contribution in [0.3, 0.4) is 0 Å². The van der Waals surface area contributed by atoms with Crippen molar-refractivity contribution in [2.24, 2.45) is 0 Å². The average molecular weight is 368 g/mol. The van der Waals surface area contributed by atoms with Crippen LogP contribution in [0.5, 0.6) is 0 Å². The van der Waals surface area contributed by atoms with Crippen LogP contribution in [0, 0.1) is 0 Å². The second-order valence-electron chi connectivity index (χ2n) is 6.20. The largest absolute Gasteiger partial charge is 0.481 e. The summed E-state index contributed by atoms with van der Waals surface area (Å²) < 4.78 is 12.1. The molecule has 0 aliphatic heterocycles. The van der Waals surface area contributed by atoms with Gasteiger partial charge >= 0.3 is 11.9 Å². The minimum absolute atomic E-state index is 0.212. The fourth-order valence-corrected chi connectivity index (χ4v) is 3.76. The lowest BCUT2D eigenvalue weighted by atomic mass is 10.1. The molecule has 0 radical (unpaired) electrons. The van der Waals surface area contributed by atoms with Crippen LogP contribution < -0.4 is 0 Å². The van der Waals surface area contributed by atoms with Gasteiger partial charge in [-0.3, -0.25) is 9.00 Å². The third-order valence-corrected chi connectivity index (χ3v) is 5.54. The number of rotatable bonds is 14. The Kier molecular flexibility index (Phi) is 10.8. The first-order valence-electron chi connectivity index (χ1n) is 8.94. The number of benzene rings is 1. The molecule has 0 fully saturated rings. The SMILES string of the molecule is O=C(O)CCCCCCCCCCCS(=O)c1ccc(C(=O)O)cc1. The highest BCUT2D eigenvalue weighted by Crippen LogP contribution is 2.13. The van der Waals surface area contributed by atoms with Crippen LogP contribution in [-0.2, 0) is 15.6 Å². The van der Waals surface area contributed by atoms with E-state index in [1.165, 1.54) is 25.0 Å². The van der Waals surface area contributed by atoms with Gasteiger partial charge in [-0.1, -0.05) is 44.9 Å². The molecule has 0 aromatic heterocycles. The number of unbranched alkanes of at least 4 members (excludes halogenated alkanes) is 8. The van der Waals surface area contributed by atoms with Gasteiger partial charge in [0.1, 0.15) is 0 Å². The summed E-state index contributed by atoms with van der Waals surface area (Å²) in [7, 11) is -1.06. The van der Waals surface area contributed by atoms with E-state index in [0.29, 0.717) is 10.6 Å². The Bertz CT molecular complexity index is 553. The molecule has 0 spiro atoms. The molecular formula is C19H28O5S. The number of carboxylic acids is 2. The van der Waals surface area contributed by atoms with Crippen molar-refractivity contribution in [1.82, 2.24) is 0 Å². The quantitative estimate of drug-likeness (QED) is 0.472. The van der Waals surface area contributed by atoms with Crippen LogP contribution in [0.4, 0.5) is 0 Å². The number of aliphatic carboxylic acids is 1.